The van der Waals surface area contributed by atoms with Gasteiger partial charge in [-0.2, -0.15) is 0 Å². The van der Waals surface area contributed by atoms with Gasteiger partial charge in [-0.25, -0.2) is 4.98 Å². The quantitative estimate of drug-likeness (QED) is 0.824. The van der Waals surface area contributed by atoms with Crippen molar-refractivity contribution >= 4 is 23.2 Å². The molecule has 0 aromatic carbocycles. The standard InChI is InChI=1S/C11H8Cl2N2O/c1-16-11-10(13)9(2-3-15-11)7-4-8(12)6-14-5-7/h2-6H,1H3. The molecule has 0 bridgehead atoms. The highest BCUT2D eigenvalue weighted by Gasteiger charge is 2.10. The molecule has 2 rings (SSSR count). The number of hydrogen-bond acceptors (Lipinski definition) is 3. The second-order valence-corrected chi connectivity index (χ2v) is 3.89. The van der Waals surface area contributed by atoms with Gasteiger partial charge in [0.1, 0.15) is 5.02 Å². The molecule has 0 N–H and O–H groups in total. The molecule has 0 aliphatic rings. The van der Waals surface area contributed by atoms with Crippen LogP contribution in [0.25, 0.3) is 11.1 Å². The summed E-state index contributed by atoms with van der Waals surface area (Å²) in [6.07, 6.45) is 4.88. The fourth-order valence-corrected chi connectivity index (χ4v) is 1.82. The smallest absolute Gasteiger partial charge is 0.232 e. The van der Waals surface area contributed by atoms with Crippen LogP contribution in [0.4, 0.5) is 0 Å². The first-order valence-corrected chi connectivity index (χ1v) is 5.27. The predicted octanol–water partition coefficient (Wildman–Crippen LogP) is 3.46. The van der Waals surface area contributed by atoms with Gasteiger partial charge in [0.15, 0.2) is 0 Å². The molecule has 0 atom stereocenters. The third-order valence-corrected chi connectivity index (χ3v) is 2.64. The van der Waals surface area contributed by atoms with E-state index < -0.39 is 0 Å². The number of pyridine rings is 2. The summed E-state index contributed by atoms with van der Waals surface area (Å²) in [5, 5.41) is 1.01. The highest BCUT2D eigenvalue weighted by molar-refractivity contribution is 6.34. The molecule has 0 saturated carbocycles. The molecule has 5 heteroatoms. The lowest BCUT2D eigenvalue weighted by molar-refractivity contribution is 0.398. The first kappa shape index (κ1) is 11.2. The first-order chi connectivity index (χ1) is 7.72. The molecule has 0 saturated heterocycles. The fraction of sp³-hybridized carbons (Fsp3) is 0.0909. The molecule has 0 fully saturated rings. The van der Waals surface area contributed by atoms with Crippen molar-refractivity contribution in [2.75, 3.05) is 7.11 Å². The summed E-state index contributed by atoms with van der Waals surface area (Å²) >= 11 is 12.0. The van der Waals surface area contributed by atoms with Crippen LogP contribution in [-0.2, 0) is 0 Å². The molecule has 16 heavy (non-hydrogen) atoms. The Hall–Kier alpha value is -1.32. The summed E-state index contributed by atoms with van der Waals surface area (Å²) in [6, 6.07) is 3.58. The van der Waals surface area contributed by atoms with Gasteiger partial charge in [0.2, 0.25) is 5.88 Å². The number of nitrogens with zero attached hydrogens (tertiary/aromatic N) is 2. The molecule has 82 valence electrons. The molecular formula is C11H8Cl2N2O. The van der Waals surface area contributed by atoms with Gasteiger partial charge in [-0.15, -0.1) is 0 Å². The Bertz CT molecular complexity index is 517. The van der Waals surface area contributed by atoms with Crippen molar-refractivity contribution in [1.82, 2.24) is 9.97 Å². The largest absolute Gasteiger partial charge is 0.480 e. The molecule has 2 aromatic heterocycles. The van der Waals surface area contributed by atoms with Crippen molar-refractivity contribution < 1.29 is 4.74 Å². The van der Waals surface area contributed by atoms with E-state index in [4.69, 9.17) is 27.9 Å². The number of rotatable bonds is 2. The van der Waals surface area contributed by atoms with E-state index >= 15 is 0 Å². The van der Waals surface area contributed by atoms with E-state index in [9.17, 15) is 0 Å². The van der Waals surface area contributed by atoms with Crippen LogP contribution in [0.2, 0.25) is 10.0 Å². The lowest BCUT2D eigenvalue weighted by Gasteiger charge is -2.07. The van der Waals surface area contributed by atoms with Gasteiger partial charge >= 0.3 is 0 Å². The van der Waals surface area contributed by atoms with Crippen molar-refractivity contribution in [1.29, 1.82) is 0 Å². The molecule has 0 aliphatic heterocycles. The average Bonchev–Trinajstić information content (AvgIpc) is 2.29. The van der Waals surface area contributed by atoms with Gasteiger partial charge in [-0.3, -0.25) is 4.98 Å². The molecule has 0 unspecified atom stereocenters. The average molecular weight is 255 g/mol. The van der Waals surface area contributed by atoms with E-state index in [2.05, 4.69) is 9.97 Å². The van der Waals surface area contributed by atoms with Gasteiger partial charge in [0.25, 0.3) is 0 Å². The van der Waals surface area contributed by atoms with E-state index in [0.717, 1.165) is 11.1 Å². The van der Waals surface area contributed by atoms with Crippen LogP contribution in [0.5, 0.6) is 5.88 Å². The second kappa shape index (κ2) is 4.68. The van der Waals surface area contributed by atoms with E-state index in [1.54, 1.807) is 30.7 Å². The van der Waals surface area contributed by atoms with Gasteiger partial charge in [-0.05, 0) is 12.1 Å². The molecule has 2 heterocycles. The number of hydrogen-bond donors (Lipinski definition) is 0. The van der Waals surface area contributed by atoms with E-state index in [1.807, 2.05) is 0 Å². The number of aromatic nitrogens is 2. The van der Waals surface area contributed by atoms with Crippen LogP contribution >= 0.6 is 23.2 Å². The SMILES string of the molecule is COc1nccc(-c2cncc(Cl)c2)c1Cl. The normalized spacial score (nSPS) is 10.2. The summed E-state index contributed by atoms with van der Waals surface area (Å²) in [6.45, 7) is 0. The van der Waals surface area contributed by atoms with Crippen molar-refractivity contribution in [2.24, 2.45) is 0 Å². The van der Waals surface area contributed by atoms with Gasteiger partial charge in [0.05, 0.1) is 12.1 Å². The van der Waals surface area contributed by atoms with Gasteiger partial charge < -0.3 is 4.74 Å². The Morgan fingerprint density at radius 3 is 2.75 bits per heavy atom. The predicted molar refractivity (Wildman–Crippen MR) is 64.0 cm³/mol. The third kappa shape index (κ3) is 2.10. The Kier molecular flexibility index (Phi) is 3.27. The molecule has 2 aromatic rings. The highest BCUT2D eigenvalue weighted by atomic mass is 35.5. The van der Waals surface area contributed by atoms with E-state index in [-0.39, 0.29) is 0 Å². The first-order valence-electron chi connectivity index (χ1n) is 4.52. The lowest BCUT2D eigenvalue weighted by atomic mass is 10.1. The van der Waals surface area contributed by atoms with Crippen LogP contribution in [0.15, 0.2) is 30.7 Å². The zero-order chi connectivity index (χ0) is 11.5. The summed E-state index contributed by atoms with van der Waals surface area (Å²) in [7, 11) is 1.52. The Labute approximate surface area is 103 Å². The molecular weight excluding hydrogens is 247 g/mol. The topological polar surface area (TPSA) is 35.0 Å². The van der Waals surface area contributed by atoms with Crippen LogP contribution in [0.1, 0.15) is 0 Å². The van der Waals surface area contributed by atoms with Crippen LogP contribution in [0.3, 0.4) is 0 Å². The Morgan fingerprint density at radius 1 is 1.25 bits per heavy atom. The molecule has 0 spiro atoms. The minimum absolute atomic E-state index is 0.388. The van der Waals surface area contributed by atoms with Crippen LogP contribution < -0.4 is 4.74 Å². The summed E-state index contributed by atoms with van der Waals surface area (Å²) < 4.78 is 5.04. The number of ether oxygens (including phenoxy) is 1. The summed E-state index contributed by atoms with van der Waals surface area (Å²) in [4.78, 5) is 8.00. The molecule has 0 amide bonds. The highest BCUT2D eigenvalue weighted by Crippen LogP contribution is 2.33. The lowest BCUT2D eigenvalue weighted by Crippen LogP contribution is -1.90. The van der Waals surface area contributed by atoms with Crippen molar-refractivity contribution in [3.05, 3.63) is 40.8 Å². The van der Waals surface area contributed by atoms with E-state index in [1.165, 1.54) is 7.11 Å². The zero-order valence-corrected chi connectivity index (χ0v) is 9.96. The van der Waals surface area contributed by atoms with Gasteiger partial charge in [-0.1, -0.05) is 23.2 Å². The Morgan fingerprint density at radius 2 is 2.06 bits per heavy atom. The van der Waals surface area contributed by atoms with Crippen molar-refractivity contribution in [3.63, 3.8) is 0 Å². The molecule has 0 radical (unpaired) electrons. The fourth-order valence-electron chi connectivity index (χ4n) is 1.35. The minimum atomic E-state index is 0.388. The summed E-state index contributed by atoms with van der Waals surface area (Å²) in [5.41, 5.74) is 1.63. The van der Waals surface area contributed by atoms with Crippen LogP contribution in [-0.4, -0.2) is 17.1 Å². The van der Waals surface area contributed by atoms with Crippen molar-refractivity contribution in [2.45, 2.75) is 0 Å². The van der Waals surface area contributed by atoms with Crippen molar-refractivity contribution in [3.8, 4) is 17.0 Å². The maximum Gasteiger partial charge on any atom is 0.232 e. The zero-order valence-electron chi connectivity index (χ0n) is 8.45. The van der Waals surface area contributed by atoms with Gasteiger partial charge in [0, 0.05) is 29.7 Å². The summed E-state index contributed by atoms with van der Waals surface area (Å²) in [5.74, 6) is 0.388. The minimum Gasteiger partial charge on any atom is -0.480 e. The third-order valence-electron chi connectivity index (χ3n) is 2.07. The maximum absolute atomic E-state index is 6.14. The Balaban J connectivity index is 2.56. The molecule has 3 nitrogen and oxygen atoms in total. The van der Waals surface area contributed by atoms with E-state index in [0.29, 0.717) is 15.9 Å². The van der Waals surface area contributed by atoms with Crippen LogP contribution in [0, 0.1) is 0 Å². The molecule has 0 aliphatic carbocycles. The maximum atomic E-state index is 6.14. The monoisotopic (exact) mass is 254 g/mol. The number of methoxy groups -OCH3 is 1. The number of halogens is 2. The second-order valence-electron chi connectivity index (χ2n) is 3.07.